The molecule has 0 bridgehead atoms. The van der Waals surface area contributed by atoms with Crippen LogP contribution in [0.3, 0.4) is 0 Å². The van der Waals surface area contributed by atoms with Crippen molar-refractivity contribution in [2.45, 2.75) is 128 Å². The molecule has 58 heavy (non-hydrogen) atoms. The standard InChI is InChI=1S/C43H60ClN10O4/c1-6-26(3)35-25-54(57)27(4)50-51-42(54)38(21-40(55)46-7-2)49-41(35)28-8-13-31(14-9-28)52(5)32-23-53(24-32)39-19-18-37(48-39)43(56)47-30-11-16-33(17-12-30)58-34-15-10-29(22-45)36(44)20-34/h8-10,13-15,20,25-27,30,32-33,35,37-39,42,48,50-51H,6-7,11-12,16-19,21,23-24H2,1-5H3,(H,46,55)(H,47,56)/q-1/t26?,27?,30?,33?,35?,37?,38-,39?,42?,54?/m0/s1. The van der Waals surface area contributed by atoms with E-state index in [1.165, 1.54) is 0 Å². The number of hydroxylamine groups is 3. The van der Waals surface area contributed by atoms with Gasteiger partial charge in [0.15, 0.2) is 6.17 Å². The number of carbonyl (C=O) groups is 2. The first-order valence-electron chi connectivity index (χ1n) is 21.2. The lowest BCUT2D eigenvalue weighted by Gasteiger charge is -2.57. The topological polar surface area (TPSA) is 169 Å². The Bertz CT molecular complexity index is 1840. The molecule has 8 atom stereocenters. The molecule has 4 heterocycles. The molecule has 7 unspecified atom stereocenters. The highest BCUT2D eigenvalue weighted by Crippen LogP contribution is 2.38. The third-order valence-electron chi connectivity index (χ3n) is 13.2. The summed E-state index contributed by atoms with van der Waals surface area (Å²) < 4.78 is 5.54. The van der Waals surface area contributed by atoms with Gasteiger partial charge in [-0.25, -0.2) is 10.9 Å². The normalized spacial score (nSPS) is 31.9. The van der Waals surface area contributed by atoms with Crippen molar-refractivity contribution in [3.05, 3.63) is 70.4 Å². The number of likely N-dealkylation sites (N-methyl/N-ethyl adjacent to an activating group) is 1. The number of amides is 2. The zero-order valence-electron chi connectivity index (χ0n) is 34.4. The lowest BCUT2D eigenvalue weighted by molar-refractivity contribution is -0.891. The summed E-state index contributed by atoms with van der Waals surface area (Å²) in [6, 6.07) is 15.5. The van der Waals surface area contributed by atoms with E-state index in [1.807, 2.05) is 20.4 Å². The van der Waals surface area contributed by atoms with Crippen LogP contribution >= 0.6 is 11.6 Å². The minimum atomic E-state index is -0.609. The first-order chi connectivity index (χ1) is 27.9. The highest BCUT2D eigenvalue weighted by Gasteiger charge is 2.45. The number of nitriles is 1. The fourth-order valence-electron chi connectivity index (χ4n) is 9.21. The summed E-state index contributed by atoms with van der Waals surface area (Å²) in [5.41, 5.74) is 9.69. The number of quaternary nitrogens is 1. The Morgan fingerprint density at radius 2 is 1.86 bits per heavy atom. The van der Waals surface area contributed by atoms with E-state index in [1.54, 1.807) is 18.2 Å². The number of aliphatic imine (C=N–C) groups is 1. The molecule has 314 valence electrons. The summed E-state index contributed by atoms with van der Waals surface area (Å²) in [5.74, 6) is 0.634. The number of rotatable bonds is 13. The third-order valence-corrected chi connectivity index (χ3v) is 13.5. The molecular formula is C43H60ClN10O4-. The van der Waals surface area contributed by atoms with Crippen LogP contribution in [0.1, 0.15) is 90.2 Å². The number of carbonyl (C=O) groups excluding carboxylic acids is 2. The lowest BCUT2D eigenvalue weighted by Crippen LogP contribution is -2.64. The van der Waals surface area contributed by atoms with Crippen molar-refractivity contribution in [3.63, 3.8) is 0 Å². The average molecular weight is 816 g/mol. The van der Waals surface area contributed by atoms with Crippen molar-refractivity contribution in [1.82, 2.24) is 31.7 Å². The summed E-state index contributed by atoms with van der Waals surface area (Å²) in [4.78, 5) is 36.1. The fourth-order valence-corrected chi connectivity index (χ4v) is 9.42. The molecule has 14 nitrogen and oxygen atoms in total. The largest absolute Gasteiger partial charge is 0.659 e. The number of hydrogen-bond acceptors (Lipinski definition) is 11. The number of nitrogens with zero attached hydrogens (tertiary/aromatic N) is 5. The van der Waals surface area contributed by atoms with Crippen LogP contribution in [0.5, 0.6) is 5.75 Å². The van der Waals surface area contributed by atoms with Crippen molar-refractivity contribution >= 4 is 34.8 Å². The van der Waals surface area contributed by atoms with E-state index in [0.717, 1.165) is 75.0 Å². The van der Waals surface area contributed by atoms with E-state index in [2.05, 4.69) is 87.8 Å². The Hall–Kier alpha value is -3.81. The van der Waals surface area contributed by atoms with Gasteiger partial charge in [-0.15, -0.1) is 6.54 Å². The Balaban J connectivity index is 0.909. The van der Waals surface area contributed by atoms with Gasteiger partial charge in [-0.05, 0) is 75.3 Å². The summed E-state index contributed by atoms with van der Waals surface area (Å²) >= 11 is 6.18. The molecule has 1 aliphatic carbocycles. The van der Waals surface area contributed by atoms with Crippen LogP contribution in [0.2, 0.25) is 5.02 Å². The predicted octanol–water partition coefficient (Wildman–Crippen LogP) is 4.53. The summed E-state index contributed by atoms with van der Waals surface area (Å²) in [7, 11) is 2.13. The van der Waals surface area contributed by atoms with Crippen molar-refractivity contribution in [2.75, 3.05) is 31.6 Å². The number of hydrazine groups is 1. The highest BCUT2D eigenvalue weighted by molar-refractivity contribution is 6.31. The number of nitrogens with one attached hydrogen (secondary N) is 5. The maximum atomic E-state index is 14.5. The monoisotopic (exact) mass is 815 g/mol. The fraction of sp³-hybridized carbons (Fsp3) is 0.605. The Morgan fingerprint density at radius 1 is 1.12 bits per heavy atom. The van der Waals surface area contributed by atoms with E-state index >= 15 is 0 Å². The van der Waals surface area contributed by atoms with Gasteiger partial charge in [0.05, 0.1) is 41.4 Å². The van der Waals surface area contributed by atoms with Crippen LogP contribution in [-0.4, -0.2) is 103 Å². The van der Waals surface area contributed by atoms with Gasteiger partial charge in [-0.1, -0.05) is 55.8 Å². The molecule has 4 fully saturated rings. The third kappa shape index (κ3) is 9.01. The predicted molar refractivity (Wildman–Crippen MR) is 225 cm³/mol. The van der Waals surface area contributed by atoms with Gasteiger partial charge in [-0.3, -0.25) is 24.8 Å². The highest BCUT2D eigenvalue weighted by atomic mass is 35.5. The van der Waals surface area contributed by atoms with Gasteiger partial charge < -0.3 is 30.1 Å². The van der Waals surface area contributed by atoms with Crippen molar-refractivity contribution < 1.29 is 19.0 Å². The van der Waals surface area contributed by atoms with Gasteiger partial charge in [0.25, 0.3) is 0 Å². The Kier molecular flexibility index (Phi) is 13.3. The second-order valence-electron chi connectivity index (χ2n) is 16.9. The lowest BCUT2D eigenvalue weighted by atomic mass is 9.84. The molecule has 1 saturated carbocycles. The van der Waals surface area contributed by atoms with Gasteiger partial charge in [0.1, 0.15) is 24.0 Å². The molecule has 0 radical (unpaired) electrons. The Labute approximate surface area is 348 Å². The summed E-state index contributed by atoms with van der Waals surface area (Å²) in [6.07, 6.45) is 5.38. The molecule has 15 heteroatoms. The molecular weight excluding hydrogens is 756 g/mol. The maximum Gasteiger partial charge on any atom is 0.237 e. The molecule has 0 aromatic heterocycles. The van der Waals surface area contributed by atoms with E-state index < -0.39 is 23.0 Å². The number of hydrogen-bond donors (Lipinski definition) is 5. The van der Waals surface area contributed by atoms with Crippen LogP contribution in [-0.2, 0) is 9.59 Å². The molecule has 5 N–H and O–H groups in total. The van der Waals surface area contributed by atoms with Gasteiger partial charge in [0.2, 0.25) is 11.8 Å². The summed E-state index contributed by atoms with van der Waals surface area (Å²) in [6.45, 7) is 12.3. The molecule has 2 aromatic carbocycles. The van der Waals surface area contributed by atoms with Crippen molar-refractivity contribution in [3.8, 4) is 11.8 Å². The number of likely N-dealkylation sites (tertiary alicyclic amines) is 1. The van der Waals surface area contributed by atoms with Crippen LogP contribution in [0.15, 0.2) is 47.5 Å². The van der Waals surface area contributed by atoms with Gasteiger partial charge in [0, 0.05) is 57.1 Å². The molecule has 2 aromatic rings. The molecule has 5 aliphatic rings. The van der Waals surface area contributed by atoms with E-state index in [9.17, 15) is 14.8 Å². The second-order valence-corrected chi connectivity index (χ2v) is 17.3. The first kappa shape index (κ1) is 42.3. The van der Waals surface area contributed by atoms with Crippen LogP contribution in [0.25, 0.3) is 0 Å². The van der Waals surface area contributed by atoms with Crippen LogP contribution in [0.4, 0.5) is 5.69 Å². The zero-order valence-corrected chi connectivity index (χ0v) is 35.2. The van der Waals surface area contributed by atoms with Gasteiger partial charge >= 0.3 is 0 Å². The van der Waals surface area contributed by atoms with E-state index in [4.69, 9.17) is 26.6 Å². The number of anilines is 1. The molecule has 0 spiro atoms. The maximum absolute atomic E-state index is 14.5. The van der Waals surface area contributed by atoms with Crippen LogP contribution < -0.4 is 36.4 Å². The SMILES string of the molecule is CCNC(=O)C[C@@H]1N=C(c2ccc(N(C)C3CN(C4CCC(C(=O)NC5CCC(Oc6ccc(C#N)c(Cl)c6)CC5)N4)C3)cc2)C(C(C)CC)[CH-][N+]2([O-])C(C)NNC12. The molecule has 3 saturated heterocycles. The number of benzene rings is 2. The smallest absolute Gasteiger partial charge is 0.237 e. The number of halogens is 1. The minimum Gasteiger partial charge on any atom is -0.659 e. The summed E-state index contributed by atoms with van der Waals surface area (Å²) in [5, 5.41) is 33.8. The Morgan fingerprint density at radius 3 is 2.53 bits per heavy atom. The quantitative estimate of drug-likeness (QED) is 0.110. The first-order valence-corrected chi connectivity index (χ1v) is 21.6. The van der Waals surface area contributed by atoms with Crippen molar-refractivity contribution in [1.29, 1.82) is 5.26 Å². The van der Waals surface area contributed by atoms with E-state index in [-0.39, 0.29) is 54.4 Å². The molecule has 7 rings (SSSR count). The van der Waals surface area contributed by atoms with Crippen LogP contribution in [0, 0.1) is 34.9 Å². The second kappa shape index (κ2) is 18.2. The average Bonchev–Trinajstić information content (AvgIpc) is 3.76. The minimum absolute atomic E-state index is 0.0587. The molecule has 4 aliphatic heterocycles. The van der Waals surface area contributed by atoms with Gasteiger partial charge in [-0.2, -0.15) is 5.26 Å². The number of ether oxygens (including phenoxy) is 1. The number of fused-ring (bicyclic) bond motifs is 1. The zero-order chi connectivity index (χ0) is 41.1. The molecule has 2 amide bonds. The van der Waals surface area contributed by atoms with E-state index in [0.29, 0.717) is 28.9 Å². The van der Waals surface area contributed by atoms with Crippen molar-refractivity contribution in [2.24, 2.45) is 16.8 Å².